The predicted molar refractivity (Wildman–Crippen MR) is 87.0 cm³/mol. The summed E-state index contributed by atoms with van der Waals surface area (Å²) in [6.45, 7) is 1.54. The van der Waals surface area contributed by atoms with Crippen LogP contribution >= 0.6 is 0 Å². The predicted octanol–water partition coefficient (Wildman–Crippen LogP) is 2.63. The summed E-state index contributed by atoms with van der Waals surface area (Å²) in [6.07, 6.45) is 0. The molecule has 0 fully saturated rings. The van der Waals surface area contributed by atoms with Crippen molar-refractivity contribution in [1.82, 2.24) is 5.32 Å². The van der Waals surface area contributed by atoms with Crippen molar-refractivity contribution in [3.63, 3.8) is 0 Å². The number of nitrogens with one attached hydrogen (secondary N) is 2. The number of carbonyl (C=O) groups excluding carboxylic acids is 2. The molecule has 3 N–H and O–H groups in total. The van der Waals surface area contributed by atoms with Gasteiger partial charge in [0.15, 0.2) is 0 Å². The van der Waals surface area contributed by atoms with Gasteiger partial charge in [0, 0.05) is 25.2 Å². The van der Waals surface area contributed by atoms with Crippen LogP contribution in [0, 0.1) is 0 Å². The number of carbonyl (C=O) groups is 3. The normalized spacial score (nSPS) is 9.88. The first-order valence-electron chi connectivity index (χ1n) is 7.09. The molecule has 2 amide bonds. The molecule has 0 saturated carbocycles. The SMILES string of the molecule is CC(=O)Oc1cccc(NC(=O)NCc2ccc(C(=O)O)cc2)c1. The lowest BCUT2D eigenvalue weighted by Gasteiger charge is -2.09. The van der Waals surface area contributed by atoms with E-state index in [1.54, 1.807) is 30.3 Å². The van der Waals surface area contributed by atoms with Gasteiger partial charge in [-0.2, -0.15) is 0 Å². The number of hydrogen-bond donors (Lipinski definition) is 3. The van der Waals surface area contributed by atoms with Crippen LogP contribution in [0.25, 0.3) is 0 Å². The fourth-order valence-electron chi connectivity index (χ4n) is 1.93. The third-order valence-electron chi connectivity index (χ3n) is 3.01. The number of ether oxygens (including phenoxy) is 1. The van der Waals surface area contributed by atoms with Crippen LogP contribution in [0.4, 0.5) is 10.5 Å². The highest BCUT2D eigenvalue weighted by atomic mass is 16.5. The molecule has 0 spiro atoms. The minimum absolute atomic E-state index is 0.186. The Labute approximate surface area is 138 Å². The molecule has 0 heterocycles. The lowest BCUT2D eigenvalue weighted by molar-refractivity contribution is -0.131. The summed E-state index contributed by atoms with van der Waals surface area (Å²) in [5, 5.41) is 14.1. The zero-order valence-corrected chi connectivity index (χ0v) is 12.9. The Balaban J connectivity index is 1.89. The topological polar surface area (TPSA) is 105 Å². The van der Waals surface area contributed by atoms with Crippen molar-refractivity contribution >= 4 is 23.7 Å². The van der Waals surface area contributed by atoms with E-state index in [2.05, 4.69) is 10.6 Å². The van der Waals surface area contributed by atoms with Crippen LogP contribution in [0.2, 0.25) is 0 Å². The van der Waals surface area contributed by atoms with E-state index in [-0.39, 0.29) is 12.1 Å². The second-order valence-corrected chi connectivity index (χ2v) is 4.93. The molecule has 2 aromatic rings. The zero-order valence-electron chi connectivity index (χ0n) is 12.9. The number of aromatic carboxylic acids is 1. The van der Waals surface area contributed by atoms with Gasteiger partial charge in [-0.3, -0.25) is 4.79 Å². The van der Waals surface area contributed by atoms with E-state index in [0.29, 0.717) is 11.4 Å². The van der Waals surface area contributed by atoms with Gasteiger partial charge in [-0.05, 0) is 29.8 Å². The van der Waals surface area contributed by atoms with Gasteiger partial charge < -0.3 is 20.5 Å². The molecular formula is C17H16N2O5. The highest BCUT2D eigenvalue weighted by molar-refractivity contribution is 5.89. The number of urea groups is 1. The zero-order chi connectivity index (χ0) is 17.5. The van der Waals surface area contributed by atoms with E-state index in [1.165, 1.54) is 25.1 Å². The van der Waals surface area contributed by atoms with Crippen molar-refractivity contribution in [3.8, 4) is 5.75 Å². The Bertz CT molecular complexity index is 756. The molecule has 2 aromatic carbocycles. The van der Waals surface area contributed by atoms with Crippen LogP contribution in [0.15, 0.2) is 48.5 Å². The monoisotopic (exact) mass is 328 g/mol. The third kappa shape index (κ3) is 5.13. The van der Waals surface area contributed by atoms with Crippen molar-refractivity contribution in [2.45, 2.75) is 13.5 Å². The van der Waals surface area contributed by atoms with Gasteiger partial charge in [-0.15, -0.1) is 0 Å². The fraction of sp³-hybridized carbons (Fsp3) is 0.118. The average Bonchev–Trinajstić information content (AvgIpc) is 2.53. The van der Waals surface area contributed by atoms with E-state index in [1.807, 2.05) is 0 Å². The van der Waals surface area contributed by atoms with Gasteiger partial charge in [0.25, 0.3) is 0 Å². The molecular weight excluding hydrogens is 312 g/mol. The van der Waals surface area contributed by atoms with Gasteiger partial charge in [-0.25, -0.2) is 9.59 Å². The van der Waals surface area contributed by atoms with Gasteiger partial charge in [0.05, 0.1) is 5.56 Å². The van der Waals surface area contributed by atoms with E-state index in [0.717, 1.165) is 5.56 Å². The molecule has 124 valence electrons. The van der Waals surface area contributed by atoms with Gasteiger partial charge in [0.1, 0.15) is 5.75 Å². The summed E-state index contributed by atoms with van der Waals surface area (Å²) in [4.78, 5) is 33.5. The molecule has 0 unspecified atom stereocenters. The Hall–Kier alpha value is -3.35. The van der Waals surface area contributed by atoms with E-state index in [4.69, 9.17) is 9.84 Å². The summed E-state index contributed by atoms with van der Waals surface area (Å²) in [5.74, 6) is -1.11. The number of rotatable bonds is 5. The number of amides is 2. The first kappa shape index (κ1) is 17.0. The molecule has 2 rings (SSSR count). The molecule has 0 aliphatic heterocycles. The molecule has 0 bridgehead atoms. The first-order valence-corrected chi connectivity index (χ1v) is 7.09. The third-order valence-corrected chi connectivity index (χ3v) is 3.01. The largest absolute Gasteiger partial charge is 0.478 e. The lowest BCUT2D eigenvalue weighted by atomic mass is 10.1. The van der Waals surface area contributed by atoms with Crippen molar-refractivity contribution in [1.29, 1.82) is 0 Å². The molecule has 24 heavy (non-hydrogen) atoms. The van der Waals surface area contributed by atoms with Crippen LogP contribution in [-0.4, -0.2) is 23.1 Å². The highest BCUT2D eigenvalue weighted by Crippen LogP contribution is 2.17. The summed E-state index contributed by atoms with van der Waals surface area (Å²) in [5.41, 5.74) is 1.43. The fourth-order valence-corrected chi connectivity index (χ4v) is 1.93. The minimum Gasteiger partial charge on any atom is -0.478 e. The minimum atomic E-state index is -1.00. The second kappa shape index (κ2) is 7.77. The number of anilines is 1. The first-order chi connectivity index (χ1) is 11.4. The maximum absolute atomic E-state index is 11.9. The van der Waals surface area contributed by atoms with Gasteiger partial charge in [-0.1, -0.05) is 18.2 Å². The summed E-state index contributed by atoms with van der Waals surface area (Å²) in [7, 11) is 0. The smallest absolute Gasteiger partial charge is 0.335 e. The number of carboxylic acid groups (broad SMARTS) is 1. The van der Waals surface area contributed by atoms with Crippen molar-refractivity contribution in [3.05, 3.63) is 59.7 Å². The molecule has 0 saturated heterocycles. The van der Waals surface area contributed by atoms with Crippen LogP contribution in [-0.2, 0) is 11.3 Å². The summed E-state index contributed by atoms with van der Waals surface area (Å²) >= 11 is 0. The lowest BCUT2D eigenvalue weighted by Crippen LogP contribution is -2.28. The molecule has 7 heteroatoms. The Kier molecular flexibility index (Phi) is 5.51. The summed E-state index contributed by atoms with van der Waals surface area (Å²) in [6, 6.07) is 12.2. The maximum atomic E-state index is 11.9. The maximum Gasteiger partial charge on any atom is 0.335 e. The Morgan fingerprint density at radius 3 is 2.42 bits per heavy atom. The second-order valence-electron chi connectivity index (χ2n) is 4.93. The number of esters is 1. The Morgan fingerprint density at radius 2 is 1.79 bits per heavy atom. The van der Waals surface area contributed by atoms with Crippen LogP contribution in [0.5, 0.6) is 5.75 Å². The number of hydrogen-bond acceptors (Lipinski definition) is 4. The molecule has 0 aliphatic rings. The van der Waals surface area contributed by atoms with E-state index < -0.39 is 18.0 Å². The standard InChI is InChI=1S/C17H16N2O5/c1-11(20)24-15-4-2-3-14(9-15)19-17(23)18-10-12-5-7-13(8-6-12)16(21)22/h2-9H,10H2,1H3,(H,21,22)(H2,18,19,23). The van der Waals surface area contributed by atoms with Crippen molar-refractivity contribution in [2.75, 3.05) is 5.32 Å². The van der Waals surface area contributed by atoms with Crippen LogP contribution in [0.1, 0.15) is 22.8 Å². The average molecular weight is 328 g/mol. The van der Waals surface area contributed by atoms with Crippen LogP contribution in [0.3, 0.4) is 0 Å². The van der Waals surface area contributed by atoms with Crippen molar-refractivity contribution in [2.24, 2.45) is 0 Å². The summed E-state index contributed by atoms with van der Waals surface area (Å²) < 4.78 is 4.94. The molecule has 0 atom stereocenters. The Morgan fingerprint density at radius 1 is 1.08 bits per heavy atom. The van der Waals surface area contributed by atoms with Gasteiger partial charge >= 0.3 is 18.0 Å². The van der Waals surface area contributed by atoms with E-state index in [9.17, 15) is 14.4 Å². The molecule has 0 aromatic heterocycles. The number of benzene rings is 2. The molecule has 7 nitrogen and oxygen atoms in total. The van der Waals surface area contributed by atoms with Crippen molar-refractivity contribution < 1.29 is 24.2 Å². The quantitative estimate of drug-likeness (QED) is 0.578. The van der Waals surface area contributed by atoms with Gasteiger partial charge in [0.2, 0.25) is 0 Å². The number of carboxylic acids is 1. The molecule has 0 radical (unpaired) electrons. The molecule has 0 aliphatic carbocycles. The van der Waals surface area contributed by atoms with Crippen LogP contribution < -0.4 is 15.4 Å². The highest BCUT2D eigenvalue weighted by Gasteiger charge is 2.05. The van der Waals surface area contributed by atoms with E-state index >= 15 is 0 Å².